The molecule has 4 N–H and O–H groups in total. The SMILES string of the molecule is NCc1ccc(CCC2=CC3CC(O)C(/C=C/C(O)CCc4ccccc4)C3C2)cc1. The first-order valence-electron chi connectivity index (χ1n) is 11.7. The normalized spacial score (nSPS) is 26.2. The lowest BCUT2D eigenvalue weighted by atomic mass is 9.88. The van der Waals surface area contributed by atoms with Gasteiger partial charge in [0.25, 0.3) is 0 Å². The fourth-order valence-electron chi connectivity index (χ4n) is 5.25. The summed E-state index contributed by atoms with van der Waals surface area (Å²) in [4.78, 5) is 0. The van der Waals surface area contributed by atoms with Gasteiger partial charge in [-0.1, -0.05) is 78.4 Å². The third-order valence-corrected chi connectivity index (χ3v) is 7.07. The second-order valence-corrected chi connectivity index (χ2v) is 9.23. The van der Waals surface area contributed by atoms with Crippen molar-refractivity contribution < 1.29 is 10.2 Å². The second-order valence-electron chi connectivity index (χ2n) is 9.23. The van der Waals surface area contributed by atoms with Gasteiger partial charge in [-0.15, -0.1) is 0 Å². The van der Waals surface area contributed by atoms with Crippen molar-refractivity contribution in [3.8, 4) is 0 Å². The van der Waals surface area contributed by atoms with Gasteiger partial charge in [0.15, 0.2) is 0 Å². The van der Waals surface area contributed by atoms with Crippen LogP contribution in [-0.2, 0) is 19.4 Å². The Morgan fingerprint density at radius 1 is 0.935 bits per heavy atom. The molecule has 1 saturated carbocycles. The van der Waals surface area contributed by atoms with Crippen LogP contribution in [-0.4, -0.2) is 22.4 Å². The molecular formula is C28H35NO2. The summed E-state index contributed by atoms with van der Waals surface area (Å²) in [5.41, 5.74) is 11.0. The van der Waals surface area contributed by atoms with E-state index in [-0.39, 0.29) is 12.0 Å². The van der Waals surface area contributed by atoms with Gasteiger partial charge in [-0.3, -0.25) is 0 Å². The predicted octanol–water partition coefficient (Wildman–Crippen LogP) is 4.57. The Kier molecular flexibility index (Phi) is 7.39. The molecule has 0 amide bonds. The van der Waals surface area contributed by atoms with Crippen LogP contribution in [0, 0.1) is 17.8 Å². The van der Waals surface area contributed by atoms with Crippen molar-refractivity contribution in [1.82, 2.24) is 0 Å². The van der Waals surface area contributed by atoms with Crippen LogP contribution in [0.5, 0.6) is 0 Å². The summed E-state index contributed by atoms with van der Waals surface area (Å²) in [5.74, 6) is 1.09. The van der Waals surface area contributed by atoms with E-state index in [0.717, 1.165) is 32.1 Å². The van der Waals surface area contributed by atoms with E-state index in [2.05, 4.69) is 48.6 Å². The molecule has 3 heteroatoms. The quantitative estimate of drug-likeness (QED) is 0.524. The molecule has 0 radical (unpaired) electrons. The van der Waals surface area contributed by atoms with Crippen molar-refractivity contribution in [2.45, 2.75) is 57.3 Å². The first kappa shape index (κ1) is 22.0. The molecule has 5 atom stereocenters. The summed E-state index contributed by atoms with van der Waals surface area (Å²) in [7, 11) is 0. The van der Waals surface area contributed by atoms with E-state index in [1.807, 2.05) is 24.3 Å². The Morgan fingerprint density at radius 2 is 1.65 bits per heavy atom. The number of aliphatic hydroxyl groups is 2. The molecular weight excluding hydrogens is 382 g/mol. The van der Waals surface area contributed by atoms with E-state index < -0.39 is 6.10 Å². The van der Waals surface area contributed by atoms with Crippen LogP contribution in [0.3, 0.4) is 0 Å². The van der Waals surface area contributed by atoms with Crippen LogP contribution in [0.15, 0.2) is 78.4 Å². The van der Waals surface area contributed by atoms with Gasteiger partial charge in [-0.05, 0) is 67.1 Å². The minimum absolute atomic E-state index is 0.147. The third kappa shape index (κ3) is 5.74. The average molecular weight is 418 g/mol. The maximum Gasteiger partial charge on any atom is 0.0724 e. The van der Waals surface area contributed by atoms with Crippen molar-refractivity contribution in [3.63, 3.8) is 0 Å². The standard InChI is InChI=1S/C28H35NO2/c29-19-22-9-6-21(7-10-22)8-11-23-16-24-18-28(31)26(27(24)17-23)15-14-25(30)13-12-20-4-2-1-3-5-20/h1-7,9-10,14-16,24-28,30-31H,8,11-13,17-19,29H2/b15-14+. The van der Waals surface area contributed by atoms with Crippen LogP contribution in [0.25, 0.3) is 0 Å². The molecule has 31 heavy (non-hydrogen) atoms. The number of fused-ring (bicyclic) bond motifs is 1. The number of hydrogen-bond acceptors (Lipinski definition) is 3. The highest BCUT2D eigenvalue weighted by Gasteiger charge is 2.43. The monoisotopic (exact) mass is 417 g/mol. The molecule has 164 valence electrons. The van der Waals surface area contributed by atoms with Gasteiger partial charge < -0.3 is 15.9 Å². The van der Waals surface area contributed by atoms with Gasteiger partial charge >= 0.3 is 0 Å². The summed E-state index contributed by atoms with van der Waals surface area (Å²) < 4.78 is 0. The van der Waals surface area contributed by atoms with Crippen molar-refractivity contribution >= 4 is 0 Å². The minimum atomic E-state index is -0.461. The van der Waals surface area contributed by atoms with Crippen molar-refractivity contribution in [2.75, 3.05) is 0 Å². The van der Waals surface area contributed by atoms with Crippen LogP contribution >= 0.6 is 0 Å². The third-order valence-electron chi connectivity index (χ3n) is 7.07. The molecule has 0 heterocycles. The molecule has 4 rings (SSSR count). The van der Waals surface area contributed by atoms with Gasteiger partial charge in [0.2, 0.25) is 0 Å². The summed E-state index contributed by atoms with van der Waals surface area (Å²) >= 11 is 0. The van der Waals surface area contributed by atoms with E-state index in [1.165, 1.54) is 22.3 Å². The number of rotatable bonds is 9. The zero-order chi connectivity index (χ0) is 21.6. The fourth-order valence-corrected chi connectivity index (χ4v) is 5.25. The van der Waals surface area contributed by atoms with Crippen molar-refractivity contribution in [3.05, 3.63) is 95.1 Å². The fraction of sp³-hybridized carbons (Fsp3) is 0.429. The Hall–Kier alpha value is -2.20. The maximum atomic E-state index is 10.6. The van der Waals surface area contributed by atoms with Gasteiger partial charge in [0.1, 0.15) is 0 Å². The average Bonchev–Trinajstić information content (AvgIpc) is 3.32. The van der Waals surface area contributed by atoms with E-state index in [1.54, 1.807) is 0 Å². The molecule has 0 aromatic heterocycles. The topological polar surface area (TPSA) is 66.5 Å². The number of aliphatic hydroxyl groups excluding tert-OH is 2. The lowest BCUT2D eigenvalue weighted by molar-refractivity contribution is 0.139. The number of nitrogens with two attached hydrogens (primary N) is 1. The summed E-state index contributed by atoms with van der Waals surface area (Å²) in [6.45, 7) is 0.590. The number of hydrogen-bond donors (Lipinski definition) is 3. The molecule has 0 spiro atoms. The number of allylic oxidation sites excluding steroid dienone is 2. The first-order valence-corrected chi connectivity index (χ1v) is 11.7. The minimum Gasteiger partial charge on any atom is -0.392 e. The van der Waals surface area contributed by atoms with Crippen molar-refractivity contribution in [1.29, 1.82) is 0 Å². The Morgan fingerprint density at radius 3 is 2.39 bits per heavy atom. The molecule has 2 aliphatic carbocycles. The van der Waals surface area contributed by atoms with Gasteiger partial charge in [0.05, 0.1) is 12.2 Å². The zero-order valence-electron chi connectivity index (χ0n) is 18.2. The smallest absolute Gasteiger partial charge is 0.0724 e. The molecule has 3 nitrogen and oxygen atoms in total. The largest absolute Gasteiger partial charge is 0.392 e. The Bertz CT molecular complexity index is 887. The molecule has 0 aliphatic heterocycles. The Balaban J connectivity index is 1.27. The molecule has 0 bridgehead atoms. The summed E-state index contributed by atoms with van der Waals surface area (Å²) in [6.07, 6.45) is 11.3. The van der Waals surface area contributed by atoms with E-state index >= 15 is 0 Å². The molecule has 0 saturated heterocycles. The summed E-state index contributed by atoms with van der Waals surface area (Å²) in [5, 5.41) is 21.0. The summed E-state index contributed by atoms with van der Waals surface area (Å²) in [6, 6.07) is 18.9. The molecule has 2 aromatic carbocycles. The van der Waals surface area contributed by atoms with Crippen LogP contribution < -0.4 is 5.73 Å². The van der Waals surface area contributed by atoms with Crippen LogP contribution in [0.2, 0.25) is 0 Å². The maximum absolute atomic E-state index is 10.6. The van der Waals surface area contributed by atoms with E-state index in [4.69, 9.17) is 5.73 Å². The van der Waals surface area contributed by atoms with E-state index in [9.17, 15) is 10.2 Å². The lowest BCUT2D eigenvalue weighted by Crippen LogP contribution is -2.18. The lowest BCUT2D eigenvalue weighted by Gasteiger charge is -2.19. The zero-order valence-corrected chi connectivity index (χ0v) is 18.2. The number of aryl methyl sites for hydroxylation is 2. The molecule has 2 aromatic rings. The van der Waals surface area contributed by atoms with Gasteiger partial charge in [-0.25, -0.2) is 0 Å². The second kappa shape index (κ2) is 10.4. The molecule has 1 fully saturated rings. The Labute approximate surface area is 186 Å². The van der Waals surface area contributed by atoms with Gasteiger partial charge in [0, 0.05) is 12.5 Å². The van der Waals surface area contributed by atoms with Crippen LogP contribution in [0.4, 0.5) is 0 Å². The number of benzene rings is 2. The van der Waals surface area contributed by atoms with Crippen LogP contribution in [0.1, 0.15) is 42.4 Å². The molecule has 5 unspecified atom stereocenters. The van der Waals surface area contributed by atoms with Gasteiger partial charge in [-0.2, -0.15) is 0 Å². The molecule has 2 aliphatic rings. The van der Waals surface area contributed by atoms with Crippen molar-refractivity contribution in [2.24, 2.45) is 23.5 Å². The highest BCUT2D eigenvalue weighted by Crippen LogP contribution is 2.48. The highest BCUT2D eigenvalue weighted by molar-refractivity contribution is 5.26. The van der Waals surface area contributed by atoms with E-state index in [0.29, 0.717) is 24.8 Å². The first-order chi connectivity index (χ1) is 15.1. The highest BCUT2D eigenvalue weighted by atomic mass is 16.3. The predicted molar refractivity (Wildman–Crippen MR) is 126 cm³/mol.